The second-order valence-electron chi connectivity index (χ2n) is 8.06. The van der Waals surface area contributed by atoms with Gasteiger partial charge >= 0.3 is 6.18 Å². The molecule has 9 nitrogen and oxygen atoms in total. The highest BCUT2D eigenvalue weighted by Gasteiger charge is 2.46. The van der Waals surface area contributed by atoms with Crippen LogP contribution in [0.15, 0.2) is 37.3 Å². The number of halogens is 5. The van der Waals surface area contributed by atoms with E-state index in [-0.39, 0.29) is 18.1 Å². The molecule has 1 aliphatic heterocycles. The number of carbonyl (C=O) groups is 1. The van der Waals surface area contributed by atoms with E-state index >= 15 is 0 Å². The van der Waals surface area contributed by atoms with E-state index in [0.29, 0.717) is 18.0 Å². The highest BCUT2D eigenvalue weighted by Crippen LogP contribution is 2.35. The third-order valence-corrected chi connectivity index (χ3v) is 5.43. The zero-order valence-electron chi connectivity index (χ0n) is 18.8. The van der Waals surface area contributed by atoms with Crippen LogP contribution < -0.4 is 10.6 Å². The SMILES string of the molecule is CN/C=C(\C(=N)C(=O)N1CC(F)(F)C[C@@H](C)C1CNc1ncc(C(F)(F)F)cn1)c1cncnc1. The van der Waals surface area contributed by atoms with E-state index in [9.17, 15) is 26.7 Å². The summed E-state index contributed by atoms with van der Waals surface area (Å²) in [6, 6.07) is -0.809. The van der Waals surface area contributed by atoms with Crippen molar-refractivity contribution in [2.75, 3.05) is 25.5 Å². The monoisotopic (exact) mass is 498 g/mol. The smallest absolute Gasteiger partial charge is 0.393 e. The van der Waals surface area contributed by atoms with Gasteiger partial charge in [0.05, 0.1) is 18.2 Å². The Balaban J connectivity index is 1.83. The first-order valence-corrected chi connectivity index (χ1v) is 10.5. The van der Waals surface area contributed by atoms with Gasteiger partial charge in [-0.2, -0.15) is 13.2 Å². The van der Waals surface area contributed by atoms with Crippen LogP contribution in [0.5, 0.6) is 0 Å². The second-order valence-corrected chi connectivity index (χ2v) is 8.06. The average molecular weight is 498 g/mol. The summed E-state index contributed by atoms with van der Waals surface area (Å²) in [5.41, 5.74) is -1.13. The summed E-state index contributed by atoms with van der Waals surface area (Å²) in [7, 11) is 1.55. The maximum Gasteiger partial charge on any atom is 0.419 e. The summed E-state index contributed by atoms with van der Waals surface area (Å²) >= 11 is 0. The van der Waals surface area contributed by atoms with E-state index in [2.05, 4.69) is 30.6 Å². The molecule has 0 aromatic carbocycles. The van der Waals surface area contributed by atoms with E-state index in [0.717, 1.165) is 4.90 Å². The first kappa shape index (κ1) is 25.9. The van der Waals surface area contributed by atoms with Crippen molar-refractivity contribution in [3.8, 4) is 0 Å². The zero-order valence-corrected chi connectivity index (χ0v) is 18.8. The van der Waals surface area contributed by atoms with Gasteiger partial charge in [-0.15, -0.1) is 0 Å². The van der Waals surface area contributed by atoms with Gasteiger partial charge in [0.2, 0.25) is 5.95 Å². The van der Waals surface area contributed by atoms with Crippen molar-refractivity contribution < 1.29 is 26.7 Å². The molecule has 14 heteroatoms. The Bertz CT molecular complexity index is 1080. The lowest BCUT2D eigenvalue weighted by Crippen LogP contribution is -2.58. The van der Waals surface area contributed by atoms with E-state index in [4.69, 9.17) is 5.41 Å². The highest BCUT2D eigenvalue weighted by atomic mass is 19.4. The number of hydrogen-bond acceptors (Lipinski definition) is 8. The van der Waals surface area contributed by atoms with Crippen LogP contribution in [-0.2, 0) is 11.0 Å². The molecule has 1 unspecified atom stereocenters. The van der Waals surface area contributed by atoms with Gasteiger partial charge in [-0.1, -0.05) is 6.92 Å². The Kier molecular flexibility index (Phi) is 7.60. The number of anilines is 1. The first-order valence-electron chi connectivity index (χ1n) is 10.5. The average Bonchev–Trinajstić information content (AvgIpc) is 2.80. The fourth-order valence-electron chi connectivity index (χ4n) is 3.78. The van der Waals surface area contributed by atoms with Gasteiger partial charge in [0, 0.05) is 62.1 Å². The molecule has 0 spiro atoms. The van der Waals surface area contributed by atoms with Crippen LogP contribution in [-0.4, -0.2) is 68.6 Å². The lowest BCUT2D eigenvalue weighted by Gasteiger charge is -2.43. The molecule has 3 heterocycles. The first-order chi connectivity index (χ1) is 16.4. The number of amides is 1. The third kappa shape index (κ3) is 6.25. The number of alkyl halides is 5. The predicted octanol–water partition coefficient (Wildman–Crippen LogP) is 2.85. The molecule has 1 fully saturated rings. The Morgan fingerprint density at radius 1 is 1.23 bits per heavy atom. The van der Waals surface area contributed by atoms with E-state index in [1.54, 1.807) is 7.05 Å². The molecule has 3 rings (SSSR count). The molecule has 3 N–H and O–H groups in total. The predicted molar refractivity (Wildman–Crippen MR) is 117 cm³/mol. The van der Waals surface area contributed by atoms with Crippen molar-refractivity contribution in [3.05, 3.63) is 48.4 Å². The Labute approximate surface area is 197 Å². The van der Waals surface area contributed by atoms with Crippen molar-refractivity contribution in [3.63, 3.8) is 0 Å². The minimum Gasteiger partial charge on any atom is -0.393 e. The van der Waals surface area contributed by atoms with Crippen LogP contribution in [0.3, 0.4) is 0 Å². The molecule has 0 bridgehead atoms. The molecule has 2 aromatic rings. The second kappa shape index (κ2) is 10.3. The molecule has 2 aromatic heterocycles. The maximum absolute atomic E-state index is 14.4. The molecule has 188 valence electrons. The lowest BCUT2D eigenvalue weighted by atomic mass is 9.87. The minimum absolute atomic E-state index is 0.109. The highest BCUT2D eigenvalue weighted by molar-refractivity contribution is 6.54. The summed E-state index contributed by atoms with van der Waals surface area (Å²) in [5, 5.41) is 13.9. The number of carbonyl (C=O) groups excluding carboxylic acids is 1. The van der Waals surface area contributed by atoms with Crippen molar-refractivity contribution in [1.29, 1.82) is 5.41 Å². The summed E-state index contributed by atoms with van der Waals surface area (Å²) in [5.74, 6) is -4.97. The molecule has 35 heavy (non-hydrogen) atoms. The van der Waals surface area contributed by atoms with E-state index in [1.165, 1.54) is 31.8 Å². The van der Waals surface area contributed by atoms with Gasteiger partial charge in [0.15, 0.2) is 0 Å². The third-order valence-electron chi connectivity index (χ3n) is 5.43. The topological polar surface area (TPSA) is 120 Å². The number of hydrogen-bond donors (Lipinski definition) is 3. The number of nitrogens with zero attached hydrogens (tertiary/aromatic N) is 5. The fourth-order valence-corrected chi connectivity index (χ4v) is 3.78. The van der Waals surface area contributed by atoms with Crippen LogP contribution in [0.1, 0.15) is 24.5 Å². The maximum atomic E-state index is 14.4. The van der Waals surface area contributed by atoms with Gasteiger partial charge in [-0.05, 0) is 5.92 Å². The normalized spacial score (nSPS) is 20.3. The molecule has 1 amide bonds. The van der Waals surface area contributed by atoms with Crippen LogP contribution in [0.4, 0.5) is 27.9 Å². The number of likely N-dealkylation sites (tertiary alicyclic amines) is 1. The molecule has 2 atom stereocenters. The Morgan fingerprint density at radius 3 is 2.43 bits per heavy atom. The van der Waals surface area contributed by atoms with Crippen molar-refractivity contribution >= 4 is 23.1 Å². The lowest BCUT2D eigenvalue weighted by molar-refractivity contribution is -0.145. The quantitative estimate of drug-likeness (QED) is 0.397. The van der Waals surface area contributed by atoms with Crippen molar-refractivity contribution in [1.82, 2.24) is 30.2 Å². The Morgan fingerprint density at radius 2 is 1.86 bits per heavy atom. The number of nitrogens with one attached hydrogen (secondary N) is 3. The number of aromatic nitrogens is 4. The molecule has 0 radical (unpaired) electrons. The standard InChI is InChI=1S/C21H23F5N8O/c1-12-3-20(22,23)10-34(16(12)9-33-19-31-6-14(7-32-19)21(24,25)26)18(35)17(27)15(8-28-2)13-4-29-11-30-5-13/h4-8,11-12,16,27-28H,3,9-10H2,1-2H3,(H,31,32,33)/b15-8-,27-17?/t12-,16?/m1/s1. The summed E-state index contributed by atoms with van der Waals surface area (Å²) < 4.78 is 67.0. The number of rotatable bonds is 7. The van der Waals surface area contributed by atoms with Crippen molar-refractivity contribution in [2.45, 2.75) is 31.5 Å². The van der Waals surface area contributed by atoms with Gasteiger partial charge in [-0.25, -0.2) is 28.7 Å². The van der Waals surface area contributed by atoms with Crippen LogP contribution in [0, 0.1) is 11.3 Å². The largest absolute Gasteiger partial charge is 0.419 e. The van der Waals surface area contributed by atoms with Gasteiger partial charge in [-0.3, -0.25) is 10.2 Å². The molecule has 1 saturated heterocycles. The fraction of sp³-hybridized carbons (Fsp3) is 0.429. The van der Waals surface area contributed by atoms with Crippen molar-refractivity contribution in [2.24, 2.45) is 5.92 Å². The zero-order chi connectivity index (χ0) is 25.8. The van der Waals surface area contributed by atoms with Crippen LogP contribution in [0.2, 0.25) is 0 Å². The molecular weight excluding hydrogens is 475 g/mol. The summed E-state index contributed by atoms with van der Waals surface area (Å²) in [6.07, 6.45) is 1.49. The molecule has 0 aliphatic carbocycles. The molecule has 1 aliphatic rings. The summed E-state index contributed by atoms with van der Waals surface area (Å²) in [4.78, 5) is 29.1. The van der Waals surface area contributed by atoms with E-state index in [1.807, 2.05) is 0 Å². The van der Waals surface area contributed by atoms with Gasteiger partial charge in [0.1, 0.15) is 12.0 Å². The van der Waals surface area contributed by atoms with Gasteiger partial charge in [0.25, 0.3) is 11.8 Å². The van der Waals surface area contributed by atoms with Crippen LogP contribution in [0.25, 0.3) is 5.57 Å². The van der Waals surface area contributed by atoms with Crippen LogP contribution >= 0.6 is 0 Å². The van der Waals surface area contributed by atoms with E-state index < -0.39 is 54.2 Å². The van der Waals surface area contributed by atoms with Gasteiger partial charge < -0.3 is 15.5 Å². The number of piperidine rings is 1. The molecular formula is C21H23F5N8O. The summed E-state index contributed by atoms with van der Waals surface area (Å²) in [6.45, 7) is 0.504. The molecule has 0 saturated carbocycles. The minimum atomic E-state index is -4.60. The Hall–Kier alpha value is -3.71.